The molecule has 0 aromatic heterocycles. The van der Waals surface area contributed by atoms with Crippen LogP contribution in [0.1, 0.15) is 32.4 Å². The van der Waals surface area contributed by atoms with E-state index in [4.69, 9.17) is 0 Å². The van der Waals surface area contributed by atoms with E-state index >= 15 is 0 Å². The Morgan fingerprint density at radius 1 is 1.00 bits per heavy atom. The van der Waals surface area contributed by atoms with E-state index in [9.17, 15) is 4.79 Å². The van der Waals surface area contributed by atoms with Crippen LogP contribution in [0.3, 0.4) is 0 Å². The van der Waals surface area contributed by atoms with E-state index in [0.717, 1.165) is 24.3 Å². The van der Waals surface area contributed by atoms with E-state index < -0.39 is 0 Å². The summed E-state index contributed by atoms with van der Waals surface area (Å²) in [5, 5.41) is 5.82. The number of benzene rings is 2. The standard InChI is InChI=1S/C19H25N3O/c1-4-22(5-2)18-13-11-17(12-14-18)21-19(23)20-15(3)16-9-7-6-8-10-16/h6-15H,4-5H2,1-3H3,(H2,20,21,23). The summed E-state index contributed by atoms with van der Waals surface area (Å²) in [6, 6.07) is 17.6. The molecule has 122 valence electrons. The molecule has 0 heterocycles. The Hall–Kier alpha value is -2.49. The molecule has 0 aliphatic heterocycles. The van der Waals surface area contributed by atoms with Crippen molar-refractivity contribution in [3.63, 3.8) is 0 Å². The van der Waals surface area contributed by atoms with Gasteiger partial charge in [0.2, 0.25) is 0 Å². The van der Waals surface area contributed by atoms with Crippen LogP contribution in [-0.2, 0) is 0 Å². The van der Waals surface area contributed by atoms with Crippen molar-refractivity contribution in [2.45, 2.75) is 26.8 Å². The summed E-state index contributed by atoms with van der Waals surface area (Å²) in [6.45, 7) is 8.18. The molecular weight excluding hydrogens is 286 g/mol. The van der Waals surface area contributed by atoms with Crippen molar-refractivity contribution in [2.24, 2.45) is 0 Å². The largest absolute Gasteiger partial charge is 0.372 e. The van der Waals surface area contributed by atoms with Crippen LogP contribution < -0.4 is 15.5 Å². The molecule has 2 aromatic rings. The zero-order valence-electron chi connectivity index (χ0n) is 14.0. The molecule has 1 atom stereocenters. The lowest BCUT2D eigenvalue weighted by Crippen LogP contribution is -2.31. The van der Waals surface area contributed by atoms with Crippen molar-refractivity contribution in [2.75, 3.05) is 23.3 Å². The summed E-state index contributed by atoms with van der Waals surface area (Å²) in [4.78, 5) is 14.4. The van der Waals surface area contributed by atoms with Crippen molar-refractivity contribution in [1.82, 2.24) is 5.32 Å². The molecule has 2 N–H and O–H groups in total. The molecule has 23 heavy (non-hydrogen) atoms. The summed E-state index contributed by atoms with van der Waals surface area (Å²) in [7, 11) is 0. The first-order valence-corrected chi connectivity index (χ1v) is 8.11. The number of rotatable bonds is 6. The smallest absolute Gasteiger partial charge is 0.319 e. The second-order valence-corrected chi connectivity index (χ2v) is 5.45. The predicted octanol–water partition coefficient (Wildman–Crippen LogP) is 4.42. The van der Waals surface area contributed by atoms with Crippen molar-refractivity contribution in [1.29, 1.82) is 0 Å². The lowest BCUT2D eigenvalue weighted by atomic mass is 10.1. The maximum absolute atomic E-state index is 12.1. The van der Waals surface area contributed by atoms with Gasteiger partial charge >= 0.3 is 6.03 Å². The first-order chi connectivity index (χ1) is 11.1. The molecule has 0 saturated heterocycles. The third kappa shape index (κ3) is 4.74. The summed E-state index contributed by atoms with van der Waals surface area (Å²) in [5.41, 5.74) is 3.04. The first kappa shape index (κ1) is 16.9. The van der Waals surface area contributed by atoms with Gasteiger partial charge in [0.15, 0.2) is 0 Å². The van der Waals surface area contributed by atoms with Gasteiger partial charge in [0.25, 0.3) is 0 Å². The minimum Gasteiger partial charge on any atom is -0.372 e. The molecule has 0 fully saturated rings. The second kappa shape index (κ2) is 8.22. The highest BCUT2D eigenvalue weighted by molar-refractivity contribution is 5.89. The zero-order chi connectivity index (χ0) is 16.7. The van der Waals surface area contributed by atoms with Crippen LogP contribution in [0.15, 0.2) is 54.6 Å². The fourth-order valence-corrected chi connectivity index (χ4v) is 2.53. The number of carbonyl (C=O) groups is 1. The Morgan fingerprint density at radius 3 is 2.17 bits per heavy atom. The van der Waals surface area contributed by atoms with E-state index in [2.05, 4.69) is 29.4 Å². The van der Waals surface area contributed by atoms with Gasteiger partial charge in [0.05, 0.1) is 6.04 Å². The molecule has 0 radical (unpaired) electrons. The number of amides is 2. The molecule has 2 amide bonds. The molecule has 0 bridgehead atoms. The highest BCUT2D eigenvalue weighted by Gasteiger charge is 2.09. The average Bonchev–Trinajstić information content (AvgIpc) is 2.58. The van der Waals surface area contributed by atoms with Crippen LogP contribution in [-0.4, -0.2) is 19.1 Å². The third-order valence-corrected chi connectivity index (χ3v) is 3.90. The Kier molecular flexibility index (Phi) is 6.03. The number of hydrogen-bond donors (Lipinski definition) is 2. The van der Waals surface area contributed by atoms with Crippen molar-refractivity contribution in [3.8, 4) is 0 Å². The fraction of sp³-hybridized carbons (Fsp3) is 0.316. The van der Waals surface area contributed by atoms with Crippen molar-refractivity contribution in [3.05, 3.63) is 60.2 Å². The molecule has 2 aromatic carbocycles. The fourth-order valence-electron chi connectivity index (χ4n) is 2.53. The topological polar surface area (TPSA) is 44.4 Å². The van der Waals surface area contributed by atoms with Crippen LogP contribution in [0.25, 0.3) is 0 Å². The molecule has 0 aliphatic rings. The zero-order valence-corrected chi connectivity index (χ0v) is 14.0. The molecule has 4 heteroatoms. The number of urea groups is 1. The summed E-state index contributed by atoms with van der Waals surface area (Å²) < 4.78 is 0. The van der Waals surface area contributed by atoms with Crippen molar-refractivity contribution < 1.29 is 4.79 Å². The Balaban J connectivity index is 1.92. The normalized spacial score (nSPS) is 11.6. The molecule has 1 unspecified atom stereocenters. The van der Waals surface area contributed by atoms with Gasteiger partial charge in [-0.25, -0.2) is 4.79 Å². The lowest BCUT2D eigenvalue weighted by molar-refractivity contribution is 0.249. The van der Waals surface area contributed by atoms with Gasteiger partial charge in [-0.05, 0) is 50.6 Å². The molecular formula is C19H25N3O. The van der Waals surface area contributed by atoms with Gasteiger partial charge in [-0.15, -0.1) is 0 Å². The maximum Gasteiger partial charge on any atom is 0.319 e. The highest BCUT2D eigenvalue weighted by atomic mass is 16.2. The third-order valence-electron chi connectivity index (χ3n) is 3.90. The average molecular weight is 311 g/mol. The van der Waals surface area contributed by atoms with E-state index in [1.165, 1.54) is 5.69 Å². The van der Waals surface area contributed by atoms with Crippen LogP contribution in [0.5, 0.6) is 0 Å². The lowest BCUT2D eigenvalue weighted by Gasteiger charge is -2.21. The van der Waals surface area contributed by atoms with Gasteiger partial charge in [-0.2, -0.15) is 0 Å². The second-order valence-electron chi connectivity index (χ2n) is 5.45. The maximum atomic E-state index is 12.1. The Bertz CT molecular complexity index is 606. The van der Waals surface area contributed by atoms with Gasteiger partial charge < -0.3 is 15.5 Å². The van der Waals surface area contributed by atoms with Gasteiger partial charge in [0.1, 0.15) is 0 Å². The molecule has 4 nitrogen and oxygen atoms in total. The van der Waals surface area contributed by atoms with Crippen molar-refractivity contribution >= 4 is 17.4 Å². The Morgan fingerprint density at radius 2 is 1.61 bits per heavy atom. The number of carbonyl (C=O) groups excluding carboxylic acids is 1. The molecule has 2 rings (SSSR count). The number of nitrogens with one attached hydrogen (secondary N) is 2. The quantitative estimate of drug-likeness (QED) is 0.829. The monoisotopic (exact) mass is 311 g/mol. The molecule has 0 aliphatic carbocycles. The van der Waals surface area contributed by atoms with Crippen LogP contribution in [0.2, 0.25) is 0 Å². The number of hydrogen-bond acceptors (Lipinski definition) is 2. The summed E-state index contributed by atoms with van der Waals surface area (Å²) in [5.74, 6) is 0. The van der Waals surface area contributed by atoms with Gasteiger partial charge in [-0.3, -0.25) is 0 Å². The first-order valence-electron chi connectivity index (χ1n) is 8.11. The number of anilines is 2. The minimum absolute atomic E-state index is 0.0360. The van der Waals surface area contributed by atoms with Gasteiger partial charge in [-0.1, -0.05) is 30.3 Å². The SMILES string of the molecule is CCN(CC)c1ccc(NC(=O)NC(C)c2ccccc2)cc1. The minimum atomic E-state index is -0.197. The van der Waals surface area contributed by atoms with E-state index in [0.29, 0.717) is 0 Å². The van der Waals surface area contributed by atoms with Gasteiger partial charge in [0, 0.05) is 24.5 Å². The van der Waals surface area contributed by atoms with E-state index in [1.807, 2.05) is 61.5 Å². The predicted molar refractivity (Wildman–Crippen MR) is 97.0 cm³/mol. The van der Waals surface area contributed by atoms with Crippen LogP contribution >= 0.6 is 0 Å². The van der Waals surface area contributed by atoms with Crippen LogP contribution in [0.4, 0.5) is 16.2 Å². The summed E-state index contributed by atoms with van der Waals surface area (Å²) in [6.07, 6.45) is 0. The van der Waals surface area contributed by atoms with E-state index in [1.54, 1.807) is 0 Å². The number of nitrogens with zero attached hydrogens (tertiary/aromatic N) is 1. The molecule has 0 spiro atoms. The highest BCUT2D eigenvalue weighted by Crippen LogP contribution is 2.18. The Labute approximate surface area is 138 Å². The van der Waals surface area contributed by atoms with Crippen LogP contribution in [0, 0.1) is 0 Å². The summed E-state index contributed by atoms with van der Waals surface area (Å²) >= 11 is 0. The molecule has 0 saturated carbocycles. The van der Waals surface area contributed by atoms with E-state index in [-0.39, 0.29) is 12.1 Å².